The van der Waals surface area contributed by atoms with Crippen LogP contribution in [0.25, 0.3) is 10.9 Å². The van der Waals surface area contributed by atoms with E-state index in [1.165, 1.54) is 0 Å². The molecule has 0 bridgehead atoms. The van der Waals surface area contributed by atoms with Crippen LogP contribution in [0.4, 0.5) is 5.82 Å². The number of halogens is 1. The first kappa shape index (κ1) is 14.5. The molecule has 0 radical (unpaired) electrons. The largest absolute Gasteiger partial charge is 0.275 e. The van der Waals surface area contributed by atoms with E-state index in [1.807, 2.05) is 25.1 Å². The first-order chi connectivity index (χ1) is 10.4. The van der Waals surface area contributed by atoms with Crippen LogP contribution in [0.1, 0.15) is 19.4 Å². The fourth-order valence-electron chi connectivity index (χ4n) is 2.37. The molecule has 6 heteroatoms. The van der Waals surface area contributed by atoms with E-state index in [-0.39, 0.29) is 11.8 Å². The number of hydrazine groups is 1. The Morgan fingerprint density at radius 1 is 1.09 bits per heavy atom. The normalized spacial score (nSPS) is 15.2. The van der Waals surface area contributed by atoms with E-state index in [4.69, 9.17) is 11.6 Å². The number of amides is 2. The topological polar surface area (TPSA) is 62.3 Å². The fraction of sp³-hybridized carbons (Fsp3) is 0.188. The quantitative estimate of drug-likeness (QED) is 0.864. The van der Waals surface area contributed by atoms with Crippen molar-refractivity contribution >= 4 is 40.1 Å². The second-order valence-corrected chi connectivity index (χ2v) is 5.68. The van der Waals surface area contributed by atoms with Gasteiger partial charge in [-0.2, -0.15) is 5.01 Å². The number of pyridine rings is 1. The molecular weight excluding hydrogens is 302 g/mol. The Morgan fingerprint density at radius 2 is 1.73 bits per heavy atom. The molecule has 0 spiro atoms. The fourth-order valence-corrected chi connectivity index (χ4v) is 2.63. The summed E-state index contributed by atoms with van der Waals surface area (Å²) in [6.45, 7) is 5.18. The van der Waals surface area contributed by atoms with E-state index >= 15 is 0 Å². The third-order valence-corrected chi connectivity index (χ3v) is 4.14. The molecule has 0 atom stereocenters. The number of benzene rings is 1. The number of aryl methyl sites for hydroxylation is 1. The van der Waals surface area contributed by atoms with Crippen LogP contribution in [0.2, 0.25) is 5.02 Å². The summed E-state index contributed by atoms with van der Waals surface area (Å²) in [5.41, 5.74) is 5.32. The number of carbonyl (C=O) groups is 2. The first-order valence-electron chi connectivity index (χ1n) is 6.79. The molecule has 1 aliphatic heterocycles. The third-order valence-electron chi connectivity index (χ3n) is 3.83. The van der Waals surface area contributed by atoms with Gasteiger partial charge in [0.05, 0.1) is 10.5 Å². The van der Waals surface area contributed by atoms with Gasteiger partial charge in [0.25, 0.3) is 11.8 Å². The van der Waals surface area contributed by atoms with Crippen molar-refractivity contribution in [1.29, 1.82) is 0 Å². The van der Waals surface area contributed by atoms with E-state index in [0.29, 0.717) is 22.0 Å². The number of hydrogen-bond acceptors (Lipinski definition) is 4. The van der Waals surface area contributed by atoms with Gasteiger partial charge in [0, 0.05) is 22.6 Å². The monoisotopic (exact) mass is 315 g/mol. The molecule has 0 saturated heterocycles. The van der Waals surface area contributed by atoms with Crippen LogP contribution in [0.3, 0.4) is 0 Å². The van der Waals surface area contributed by atoms with Gasteiger partial charge in [-0.15, -0.1) is 0 Å². The molecule has 5 nitrogen and oxygen atoms in total. The lowest BCUT2D eigenvalue weighted by Crippen LogP contribution is -2.37. The summed E-state index contributed by atoms with van der Waals surface area (Å²) in [4.78, 5) is 28.6. The number of carbonyl (C=O) groups excluding carboxylic acids is 2. The molecule has 0 unspecified atom stereocenters. The highest BCUT2D eigenvalue weighted by atomic mass is 35.5. The highest BCUT2D eigenvalue weighted by molar-refractivity contribution is 6.35. The van der Waals surface area contributed by atoms with Crippen molar-refractivity contribution in [3.63, 3.8) is 0 Å². The maximum Gasteiger partial charge on any atom is 0.275 e. The summed E-state index contributed by atoms with van der Waals surface area (Å²) in [7, 11) is 0. The lowest BCUT2D eigenvalue weighted by Gasteiger charge is -2.17. The summed E-state index contributed by atoms with van der Waals surface area (Å²) >= 11 is 6.27. The smallest absolute Gasteiger partial charge is 0.271 e. The molecule has 3 rings (SSSR count). The molecule has 112 valence electrons. The third kappa shape index (κ3) is 2.14. The SMILES string of the molecule is CC1=C(C)C(=O)N(Nc2cc(Cl)c3cccc(C)c3n2)C1=O. The number of rotatable bonds is 2. The highest BCUT2D eigenvalue weighted by Gasteiger charge is 2.34. The van der Waals surface area contributed by atoms with Crippen LogP contribution < -0.4 is 5.43 Å². The van der Waals surface area contributed by atoms with E-state index in [0.717, 1.165) is 21.5 Å². The number of fused-ring (bicyclic) bond motifs is 1. The van der Waals surface area contributed by atoms with E-state index in [9.17, 15) is 9.59 Å². The minimum Gasteiger partial charge on any atom is -0.271 e. The summed E-state index contributed by atoms with van der Waals surface area (Å²) in [6, 6.07) is 7.32. The van der Waals surface area contributed by atoms with Crippen molar-refractivity contribution in [3.05, 3.63) is 46.0 Å². The number of anilines is 1. The molecule has 1 N–H and O–H groups in total. The van der Waals surface area contributed by atoms with Crippen LogP contribution in [0.5, 0.6) is 0 Å². The molecule has 22 heavy (non-hydrogen) atoms. The minimum atomic E-state index is -0.370. The number of hydrogen-bond donors (Lipinski definition) is 1. The molecule has 1 aromatic carbocycles. The molecule has 0 fully saturated rings. The Hall–Kier alpha value is -2.40. The highest BCUT2D eigenvalue weighted by Crippen LogP contribution is 2.28. The van der Waals surface area contributed by atoms with Gasteiger partial charge in [0.15, 0.2) is 0 Å². The van der Waals surface area contributed by atoms with Gasteiger partial charge in [-0.05, 0) is 26.3 Å². The van der Waals surface area contributed by atoms with Crippen LogP contribution in [0.15, 0.2) is 35.4 Å². The predicted molar refractivity (Wildman–Crippen MR) is 85.3 cm³/mol. The predicted octanol–water partition coefficient (Wildman–Crippen LogP) is 3.23. The lowest BCUT2D eigenvalue weighted by molar-refractivity contribution is -0.135. The van der Waals surface area contributed by atoms with E-state index in [1.54, 1.807) is 19.9 Å². The van der Waals surface area contributed by atoms with Crippen molar-refractivity contribution in [1.82, 2.24) is 9.99 Å². The Balaban J connectivity index is 2.01. The van der Waals surface area contributed by atoms with Crippen LogP contribution in [0, 0.1) is 6.92 Å². The first-order valence-corrected chi connectivity index (χ1v) is 7.16. The maximum atomic E-state index is 12.1. The number of aromatic nitrogens is 1. The zero-order chi connectivity index (χ0) is 16.0. The average molecular weight is 316 g/mol. The average Bonchev–Trinajstić information content (AvgIpc) is 2.66. The summed E-state index contributed by atoms with van der Waals surface area (Å²) < 4.78 is 0. The van der Waals surface area contributed by atoms with Gasteiger partial charge in [-0.3, -0.25) is 15.0 Å². The van der Waals surface area contributed by atoms with E-state index < -0.39 is 0 Å². The van der Waals surface area contributed by atoms with Gasteiger partial charge < -0.3 is 0 Å². The zero-order valence-corrected chi connectivity index (χ0v) is 13.2. The van der Waals surface area contributed by atoms with Gasteiger partial charge in [-0.25, -0.2) is 4.98 Å². The standard InChI is InChI=1S/C16H14ClN3O2/c1-8-5-4-6-11-12(17)7-13(18-14(8)11)19-20-15(21)9(2)10(3)16(20)22/h4-7H,1-3H3,(H,18,19). The maximum absolute atomic E-state index is 12.1. The van der Waals surface area contributed by atoms with Crippen molar-refractivity contribution in [2.24, 2.45) is 0 Å². The summed E-state index contributed by atoms with van der Waals surface area (Å²) in [5, 5.41) is 2.31. The Bertz CT molecular complexity index is 834. The number of nitrogens with one attached hydrogen (secondary N) is 1. The molecular formula is C16H14ClN3O2. The Labute approximate surface area is 132 Å². The van der Waals surface area contributed by atoms with Crippen molar-refractivity contribution < 1.29 is 9.59 Å². The Morgan fingerprint density at radius 3 is 2.36 bits per heavy atom. The zero-order valence-electron chi connectivity index (χ0n) is 12.4. The molecule has 1 aliphatic rings. The molecule has 2 aromatic rings. The van der Waals surface area contributed by atoms with Crippen molar-refractivity contribution in [2.45, 2.75) is 20.8 Å². The van der Waals surface area contributed by atoms with Crippen LogP contribution in [-0.4, -0.2) is 21.8 Å². The molecule has 1 aromatic heterocycles. The Kier molecular flexibility index (Phi) is 3.37. The number of imide groups is 1. The molecule has 0 saturated carbocycles. The van der Waals surface area contributed by atoms with Gasteiger partial charge in [-0.1, -0.05) is 29.8 Å². The van der Waals surface area contributed by atoms with Crippen LogP contribution >= 0.6 is 11.6 Å². The van der Waals surface area contributed by atoms with Crippen molar-refractivity contribution in [3.8, 4) is 0 Å². The second kappa shape index (κ2) is 5.10. The second-order valence-electron chi connectivity index (χ2n) is 5.27. The molecule has 2 amide bonds. The van der Waals surface area contributed by atoms with Gasteiger partial charge in [0.2, 0.25) is 0 Å². The number of para-hydroxylation sites is 1. The minimum absolute atomic E-state index is 0.357. The van der Waals surface area contributed by atoms with Crippen molar-refractivity contribution in [2.75, 3.05) is 5.43 Å². The van der Waals surface area contributed by atoms with Gasteiger partial charge >= 0.3 is 0 Å². The number of nitrogens with zero attached hydrogens (tertiary/aromatic N) is 2. The van der Waals surface area contributed by atoms with E-state index in [2.05, 4.69) is 10.4 Å². The van der Waals surface area contributed by atoms with Crippen LogP contribution in [-0.2, 0) is 9.59 Å². The molecule has 0 aliphatic carbocycles. The summed E-state index contributed by atoms with van der Waals surface area (Å²) in [5.74, 6) is -0.383. The molecule has 2 heterocycles. The lowest BCUT2D eigenvalue weighted by atomic mass is 10.1. The summed E-state index contributed by atoms with van der Waals surface area (Å²) in [6.07, 6.45) is 0. The van der Waals surface area contributed by atoms with Gasteiger partial charge in [0.1, 0.15) is 5.82 Å².